The number of carbonyl (C=O) groups excluding carboxylic acids is 1. The fourth-order valence-corrected chi connectivity index (χ4v) is 2.90. The molecule has 0 radical (unpaired) electrons. The van der Waals surface area contributed by atoms with Gasteiger partial charge in [0.1, 0.15) is 6.33 Å². The number of carbonyl (C=O) groups is 1. The van der Waals surface area contributed by atoms with E-state index in [0.717, 1.165) is 12.8 Å². The highest BCUT2D eigenvalue weighted by Crippen LogP contribution is 2.22. The van der Waals surface area contributed by atoms with Crippen LogP contribution in [0.3, 0.4) is 0 Å². The van der Waals surface area contributed by atoms with Crippen LogP contribution >= 0.6 is 0 Å². The minimum absolute atomic E-state index is 0.0373. The Balaban J connectivity index is 1.62. The van der Waals surface area contributed by atoms with Crippen LogP contribution in [0.5, 0.6) is 0 Å². The van der Waals surface area contributed by atoms with E-state index in [4.69, 9.17) is 0 Å². The summed E-state index contributed by atoms with van der Waals surface area (Å²) in [7, 11) is 3.59. The number of rotatable bonds is 3. The summed E-state index contributed by atoms with van der Waals surface area (Å²) in [6.07, 6.45) is 7.35. The second-order valence-corrected chi connectivity index (χ2v) is 5.73. The van der Waals surface area contributed by atoms with Gasteiger partial charge in [0.25, 0.3) is 5.91 Å². The van der Waals surface area contributed by atoms with E-state index in [9.17, 15) is 9.18 Å². The van der Waals surface area contributed by atoms with Crippen LogP contribution in [0.4, 0.5) is 10.2 Å². The predicted octanol–water partition coefficient (Wildman–Crippen LogP) is 1.09. The Hall–Kier alpha value is -2.51. The molecule has 1 amide bonds. The topological polar surface area (TPSA) is 67.2 Å². The van der Waals surface area contributed by atoms with Gasteiger partial charge in [0.2, 0.25) is 0 Å². The number of amides is 1. The molecule has 2 aromatic heterocycles. The third kappa shape index (κ3) is 3.15. The first kappa shape index (κ1) is 15.4. The van der Waals surface area contributed by atoms with Gasteiger partial charge in [-0.05, 0) is 12.8 Å². The Bertz CT molecular complexity index is 695. The number of halogens is 1. The van der Waals surface area contributed by atoms with Crippen molar-refractivity contribution in [2.24, 2.45) is 7.05 Å². The molecule has 3 heterocycles. The lowest BCUT2D eigenvalue weighted by Crippen LogP contribution is -2.46. The maximum absolute atomic E-state index is 13.7. The van der Waals surface area contributed by atoms with Gasteiger partial charge in [0.05, 0.1) is 18.0 Å². The summed E-state index contributed by atoms with van der Waals surface area (Å²) in [5.41, 5.74) is 0.583. The monoisotopic (exact) mass is 318 g/mol. The quantitative estimate of drug-likeness (QED) is 0.847. The molecule has 8 heteroatoms. The van der Waals surface area contributed by atoms with E-state index >= 15 is 0 Å². The molecule has 1 aliphatic heterocycles. The van der Waals surface area contributed by atoms with Gasteiger partial charge in [0, 0.05) is 39.4 Å². The zero-order chi connectivity index (χ0) is 16.4. The zero-order valence-electron chi connectivity index (χ0n) is 13.2. The van der Waals surface area contributed by atoms with E-state index < -0.39 is 5.82 Å². The molecule has 0 aliphatic carbocycles. The first-order valence-electron chi connectivity index (χ1n) is 7.52. The van der Waals surface area contributed by atoms with E-state index in [-0.39, 0.29) is 11.9 Å². The lowest BCUT2D eigenvalue weighted by atomic mass is 10.0. The van der Waals surface area contributed by atoms with Gasteiger partial charge < -0.3 is 9.80 Å². The van der Waals surface area contributed by atoms with Crippen LogP contribution < -0.4 is 4.90 Å². The molecule has 0 aromatic carbocycles. The molecular formula is C15H19FN6O. The summed E-state index contributed by atoms with van der Waals surface area (Å²) < 4.78 is 15.4. The van der Waals surface area contributed by atoms with Gasteiger partial charge in [-0.1, -0.05) is 0 Å². The predicted molar refractivity (Wildman–Crippen MR) is 82.5 cm³/mol. The zero-order valence-corrected chi connectivity index (χ0v) is 13.2. The summed E-state index contributed by atoms with van der Waals surface area (Å²) in [6.45, 7) is 1.31. The van der Waals surface area contributed by atoms with Gasteiger partial charge in [-0.2, -0.15) is 5.10 Å². The maximum Gasteiger partial charge on any atom is 0.257 e. The molecule has 1 saturated heterocycles. The minimum Gasteiger partial charge on any atom is -0.354 e. The number of aromatic nitrogens is 4. The first-order valence-corrected chi connectivity index (χ1v) is 7.52. The molecule has 2 aromatic rings. The molecule has 0 unspecified atom stereocenters. The highest BCUT2D eigenvalue weighted by Gasteiger charge is 2.28. The molecule has 0 spiro atoms. The van der Waals surface area contributed by atoms with Crippen LogP contribution in [0.25, 0.3) is 0 Å². The Morgan fingerprint density at radius 3 is 2.70 bits per heavy atom. The van der Waals surface area contributed by atoms with Gasteiger partial charge >= 0.3 is 0 Å². The molecule has 23 heavy (non-hydrogen) atoms. The molecule has 122 valence electrons. The molecular weight excluding hydrogens is 299 g/mol. The van der Waals surface area contributed by atoms with Crippen molar-refractivity contribution in [1.29, 1.82) is 0 Å². The summed E-state index contributed by atoms with van der Waals surface area (Å²) in [5.74, 6) is -0.116. The van der Waals surface area contributed by atoms with E-state index in [2.05, 4.69) is 15.1 Å². The summed E-state index contributed by atoms with van der Waals surface area (Å²) >= 11 is 0. The molecule has 3 rings (SSSR count). The van der Waals surface area contributed by atoms with Crippen molar-refractivity contribution in [3.8, 4) is 0 Å². The summed E-state index contributed by atoms with van der Waals surface area (Å²) in [5, 5.41) is 4.03. The van der Waals surface area contributed by atoms with Crippen molar-refractivity contribution in [3.63, 3.8) is 0 Å². The first-order chi connectivity index (χ1) is 11.1. The number of aryl methyl sites for hydroxylation is 1. The molecule has 0 atom stereocenters. The molecule has 1 aliphatic rings. The van der Waals surface area contributed by atoms with Crippen molar-refractivity contribution in [2.75, 3.05) is 25.0 Å². The average molecular weight is 318 g/mol. The summed E-state index contributed by atoms with van der Waals surface area (Å²) in [6, 6.07) is 0.129. The van der Waals surface area contributed by atoms with Crippen molar-refractivity contribution in [3.05, 3.63) is 36.3 Å². The van der Waals surface area contributed by atoms with E-state index in [1.807, 2.05) is 4.90 Å². The van der Waals surface area contributed by atoms with Gasteiger partial charge in [-0.15, -0.1) is 0 Å². The number of piperidine rings is 1. The normalized spacial score (nSPS) is 15.7. The summed E-state index contributed by atoms with van der Waals surface area (Å²) in [4.78, 5) is 23.8. The molecule has 1 fully saturated rings. The number of hydrogen-bond donors (Lipinski definition) is 0. The van der Waals surface area contributed by atoms with Crippen molar-refractivity contribution in [1.82, 2.24) is 24.6 Å². The smallest absolute Gasteiger partial charge is 0.257 e. The number of hydrogen-bond acceptors (Lipinski definition) is 5. The van der Waals surface area contributed by atoms with E-state index in [1.54, 1.807) is 36.1 Å². The maximum atomic E-state index is 13.7. The van der Waals surface area contributed by atoms with Crippen molar-refractivity contribution in [2.45, 2.75) is 18.9 Å². The third-order valence-corrected chi connectivity index (χ3v) is 4.23. The Labute approximate surface area is 133 Å². The largest absolute Gasteiger partial charge is 0.354 e. The van der Waals surface area contributed by atoms with Crippen LogP contribution in [0.2, 0.25) is 0 Å². The Kier molecular flexibility index (Phi) is 4.22. The fraction of sp³-hybridized carbons (Fsp3) is 0.467. The lowest BCUT2D eigenvalue weighted by Gasteiger charge is -2.37. The second kappa shape index (κ2) is 6.31. The van der Waals surface area contributed by atoms with Crippen LogP contribution in [0.1, 0.15) is 23.2 Å². The van der Waals surface area contributed by atoms with Crippen LogP contribution in [-0.2, 0) is 7.05 Å². The van der Waals surface area contributed by atoms with Gasteiger partial charge in [-0.25, -0.2) is 14.4 Å². The molecule has 7 nitrogen and oxygen atoms in total. The van der Waals surface area contributed by atoms with Crippen molar-refractivity contribution < 1.29 is 9.18 Å². The molecule has 0 N–H and O–H groups in total. The van der Waals surface area contributed by atoms with Gasteiger partial charge in [-0.3, -0.25) is 9.48 Å². The van der Waals surface area contributed by atoms with Crippen LogP contribution in [-0.4, -0.2) is 56.7 Å². The van der Waals surface area contributed by atoms with Gasteiger partial charge in [0.15, 0.2) is 11.6 Å². The van der Waals surface area contributed by atoms with E-state index in [1.165, 1.54) is 12.5 Å². The third-order valence-electron chi connectivity index (χ3n) is 4.23. The van der Waals surface area contributed by atoms with Crippen LogP contribution in [0, 0.1) is 5.82 Å². The minimum atomic E-state index is -0.411. The SMILES string of the molecule is CN(C(=O)c1cnn(C)c1)C1CCN(c2ncncc2F)CC1. The Morgan fingerprint density at radius 2 is 2.09 bits per heavy atom. The highest BCUT2D eigenvalue weighted by atomic mass is 19.1. The van der Waals surface area contributed by atoms with E-state index in [0.29, 0.717) is 24.5 Å². The average Bonchev–Trinajstić information content (AvgIpc) is 3.01. The standard InChI is InChI=1S/C15H19FN6O/c1-20-9-11(7-19-20)15(23)21(2)12-3-5-22(6-4-12)14-13(16)8-17-10-18-14/h7-10,12H,3-6H2,1-2H3. The number of nitrogens with zero attached hydrogens (tertiary/aromatic N) is 6. The second-order valence-electron chi connectivity index (χ2n) is 5.73. The highest BCUT2D eigenvalue weighted by molar-refractivity contribution is 5.93. The Morgan fingerprint density at radius 1 is 1.35 bits per heavy atom. The van der Waals surface area contributed by atoms with Crippen molar-refractivity contribution >= 4 is 11.7 Å². The molecule has 0 saturated carbocycles. The van der Waals surface area contributed by atoms with Crippen LogP contribution in [0.15, 0.2) is 24.9 Å². The fourth-order valence-electron chi connectivity index (χ4n) is 2.90. The number of anilines is 1. The lowest BCUT2D eigenvalue weighted by molar-refractivity contribution is 0.0709. The molecule has 0 bridgehead atoms.